The van der Waals surface area contributed by atoms with E-state index in [0.29, 0.717) is 12.1 Å². The highest BCUT2D eigenvalue weighted by molar-refractivity contribution is 5.84. The third-order valence-electron chi connectivity index (χ3n) is 8.44. The van der Waals surface area contributed by atoms with Gasteiger partial charge in [-0.2, -0.15) is 0 Å². The third-order valence-corrected chi connectivity index (χ3v) is 8.44. The number of para-hydroxylation sites is 1. The lowest BCUT2D eigenvalue weighted by Crippen LogP contribution is -2.53. The van der Waals surface area contributed by atoms with E-state index in [0.717, 1.165) is 0 Å². The first kappa shape index (κ1) is 20.6. The van der Waals surface area contributed by atoms with Crippen LogP contribution in [0.15, 0.2) is 84.6 Å². The molecule has 2 aliphatic heterocycles. The molecule has 6 rings (SSSR count). The lowest BCUT2D eigenvalue weighted by Gasteiger charge is -2.47. The van der Waals surface area contributed by atoms with Crippen molar-refractivity contribution < 1.29 is 0 Å². The molecule has 0 radical (unpaired) electrons. The number of hydrogen-bond acceptors (Lipinski definition) is 2. The predicted octanol–water partition coefficient (Wildman–Crippen LogP) is 7.69. The summed E-state index contributed by atoms with van der Waals surface area (Å²) in [6.07, 6.45) is 7.03. The summed E-state index contributed by atoms with van der Waals surface area (Å²) in [5, 5.41) is 0. The molecule has 0 aromatic heterocycles. The lowest BCUT2D eigenvalue weighted by atomic mass is 9.81. The first-order valence-electron chi connectivity index (χ1n) is 12.6. The standard InChI is InChI=1S/C31H34N2/c1-22-14-10-13-21-28(22)32-23(2)29-26-19-11-12-20-27(26)31(3,25-17-8-5-9-18-25)33(29)30(32)24-15-6-4-7-16-24/h5,8-14,17-21,24,30H,4,6-7,15-16H2,1-3H3. The Balaban J connectivity index is 1.62. The van der Waals surface area contributed by atoms with Gasteiger partial charge in [-0.25, -0.2) is 0 Å². The fourth-order valence-electron chi connectivity index (χ4n) is 6.86. The molecular weight excluding hydrogens is 400 g/mol. The van der Waals surface area contributed by atoms with Crippen molar-refractivity contribution in [2.75, 3.05) is 4.90 Å². The van der Waals surface area contributed by atoms with E-state index in [1.807, 2.05) is 0 Å². The van der Waals surface area contributed by atoms with Crippen molar-refractivity contribution in [3.8, 4) is 0 Å². The molecule has 0 bridgehead atoms. The fourth-order valence-corrected chi connectivity index (χ4v) is 6.86. The Labute approximate surface area is 198 Å². The lowest BCUT2D eigenvalue weighted by molar-refractivity contribution is 0.121. The molecule has 0 amide bonds. The van der Waals surface area contributed by atoms with Gasteiger partial charge in [0.2, 0.25) is 0 Å². The second-order valence-corrected chi connectivity index (χ2v) is 10.3. The van der Waals surface area contributed by atoms with Crippen molar-refractivity contribution in [2.24, 2.45) is 5.92 Å². The van der Waals surface area contributed by atoms with E-state index in [1.165, 1.54) is 71.4 Å². The molecule has 2 heterocycles. The van der Waals surface area contributed by atoms with Crippen LogP contribution in [-0.4, -0.2) is 11.1 Å². The molecule has 1 aliphatic carbocycles. The summed E-state index contributed by atoms with van der Waals surface area (Å²) in [6, 6.07) is 29.2. The molecule has 3 aliphatic rings. The number of rotatable bonds is 3. The van der Waals surface area contributed by atoms with Crippen LogP contribution >= 0.6 is 0 Å². The zero-order chi connectivity index (χ0) is 22.6. The van der Waals surface area contributed by atoms with Crippen LogP contribution in [0, 0.1) is 12.8 Å². The van der Waals surface area contributed by atoms with Crippen LogP contribution in [0.5, 0.6) is 0 Å². The van der Waals surface area contributed by atoms with Crippen LogP contribution in [0.25, 0.3) is 5.70 Å². The maximum absolute atomic E-state index is 2.81. The van der Waals surface area contributed by atoms with Crippen molar-refractivity contribution in [3.63, 3.8) is 0 Å². The van der Waals surface area contributed by atoms with E-state index in [-0.39, 0.29) is 5.54 Å². The van der Waals surface area contributed by atoms with E-state index in [9.17, 15) is 0 Å². The number of nitrogens with zero attached hydrogens (tertiary/aromatic N) is 2. The molecule has 2 unspecified atom stereocenters. The van der Waals surface area contributed by atoms with Gasteiger partial charge in [0, 0.05) is 16.9 Å². The van der Waals surface area contributed by atoms with Crippen molar-refractivity contribution in [3.05, 3.63) is 107 Å². The Bertz CT molecular complexity index is 1200. The van der Waals surface area contributed by atoms with Gasteiger partial charge < -0.3 is 9.80 Å². The Morgan fingerprint density at radius 2 is 1.42 bits per heavy atom. The van der Waals surface area contributed by atoms with Gasteiger partial charge in [-0.15, -0.1) is 0 Å². The minimum atomic E-state index is -0.187. The van der Waals surface area contributed by atoms with Crippen LogP contribution in [0.4, 0.5) is 5.69 Å². The highest BCUT2D eigenvalue weighted by Gasteiger charge is 2.55. The molecule has 33 heavy (non-hydrogen) atoms. The number of hydrogen-bond donors (Lipinski definition) is 0. The van der Waals surface area contributed by atoms with Crippen molar-refractivity contribution in [1.82, 2.24) is 4.90 Å². The number of anilines is 1. The summed E-state index contributed by atoms with van der Waals surface area (Å²) in [5.41, 5.74) is 9.58. The summed E-state index contributed by atoms with van der Waals surface area (Å²) in [7, 11) is 0. The smallest absolute Gasteiger partial charge is 0.110 e. The van der Waals surface area contributed by atoms with E-state index in [1.54, 1.807) is 0 Å². The highest BCUT2D eigenvalue weighted by Crippen LogP contribution is 2.58. The first-order valence-corrected chi connectivity index (χ1v) is 12.6. The molecule has 0 N–H and O–H groups in total. The summed E-state index contributed by atoms with van der Waals surface area (Å²) in [5.74, 6) is 0.656. The maximum atomic E-state index is 2.81. The van der Waals surface area contributed by atoms with Gasteiger partial charge in [0.1, 0.15) is 6.17 Å². The van der Waals surface area contributed by atoms with E-state index >= 15 is 0 Å². The number of fused-ring (bicyclic) bond motifs is 3. The molecule has 2 nitrogen and oxygen atoms in total. The van der Waals surface area contributed by atoms with Crippen molar-refractivity contribution >= 4 is 11.4 Å². The molecule has 0 spiro atoms. The Morgan fingerprint density at radius 1 is 0.758 bits per heavy atom. The predicted molar refractivity (Wildman–Crippen MR) is 138 cm³/mol. The summed E-state index contributed by atoms with van der Waals surface area (Å²) in [4.78, 5) is 5.50. The minimum Gasteiger partial charge on any atom is -0.335 e. The van der Waals surface area contributed by atoms with E-state index in [4.69, 9.17) is 0 Å². The van der Waals surface area contributed by atoms with Crippen LogP contribution in [0.2, 0.25) is 0 Å². The van der Waals surface area contributed by atoms with Gasteiger partial charge in [0.05, 0.1) is 11.2 Å². The minimum absolute atomic E-state index is 0.187. The van der Waals surface area contributed by atoms with Gasteiger partial charge in [0.15, 0.2) is 0 Å². The Morgan fingerprint density at radius 3 is 2.18 bits per heavy atom. The number of aryl methyl sites for hydroxylation is 1. The fraction of sp³-hybridized carbons (Fsp3) is 0.355. The Hall–Kier alpha value is -3.00. The van der Waals surface area contributed by atoms with Crippen LogP contribution < -0.4 is 4.90 Å². The SMILES string of the molecule is CC1=C2c3ccccc3C(C)(c3ccccc3)N2C(C2CCCCC2)N1c1ccccc1C. The normalized spacial score (nSPS) is 24.9. The van der Waals surface area contributed by atoms with Gasteiger partial charge in [-0.05, 0) is 62.3 Å². The molecule has 1 saturated carbocycles. The largest absolute Gasteiger partial charge is 0.335 e. The van der Waals surface area contributed by atoms with Crippen molar-refractivity contribution in [1.29, 1.82) is 0 Å². The quantitative estimate of drug-likeness (QED) is 0.417. The number of benzene rings is 3. The average molecular weight is 435 g/mol. The molecule has 168 valence electrons. The molecule has 0 saturated heterocycles. The summed E-state index contributed by atoms with van der Waals surface area (Å²) in [6.45, 7) is 7.07. The molecular formula is C31H34N2. The molecule has 2 heteroatoms. The Kier molecular flexibility index (Phi) is 4.87. The van der Waals surface area contributed by atoms with Crippen LogP contribution in [0.3, 0.4) is 0 Å². The molecule has 3 aromatic rings. The number of allylic oxidation sites excluding steroid dienone is 1. The van der Waals surface area contributed by atoms with Crippen molar-refractivity contribution in [2.45, 2.75) is 64.6 Å². The van der Waals surface area contributed by atoms with Crippen LogP contribution in [0.1, 0.15) is 68.2 Å². The van der Waals surface area contributed by atoms with E-state index in [2.05, 4.69) is 109 Å². The summed E-state index contributed by atoms with van der Waals surface area (Å²) >= 11 is 0. The van der Waals surface area contributed by atoms with Gasteiger partial charge in [-0.1, -0.05) is 92.1 Å². The zero-order valence-corrected chi connectivity index (χ0v) is 20.1. The maximum Gasteiger partial charge on any atom is 0.110 e. The molecule has 2 atom stereocenters. The van der Waals surface area contributed by atoms with Gasteiger partial charge in [0.25, 0.3) is 0 Å². The molecule has 3 aromatic carbocycles. The average Bonchev–Trinajstić information content (AvgIpc) is 3.32. The van der Waals surface area contributed by atoms with Gasteiger partial charge >= 0.3 is 0 Å². The summed E-state index contributed by atoms with van der Waals surface area (Å²) < 4.78 is 0. The molecule has 1 fully saturated rings. The highest BCUT2D eigenvalue weighted by atomic mass is 15.5. The zero-order valence-electron chi connectivity index (χ0n) is 20.1. The second-order valence-electron chi connectivity index (χ2n) is 10.3. The monoisotopic (exact) mass is 434 g/mol. The topological polar surface area (TPSA) is 6.48 Å². The third kappa shape index (κ3) is 2.93. The van der Waals surface area contributed by atoms with E-state index < -0.39 is 0 Å². The first-order chi connectivity index (χ1) is 16.1. The second kappa shape index (κ2) is 7.80. The van der Waals surface area contributed by atoms with Gasteiger partial charge in [-0.3, -0.25) is 0 Å². The van der Waals surface area contributed by atoms with Crippen LogP contribution in [-0.2, 0) is 5.54 Å².